The second kappa shape index (κ2) is 4.34. The standard InChI is InChI=1S/C14H22BrN3/c1-3-11-13(15)12(18(2)17-11)8-14(16)7-9-4-5-10(14)6-9/h9-10H,3-8,16H2,1-2H3. The number of fused-ring (bicyclic) bond motifs is 2. The number of rotatable bonds is 3. The summed E-state index contributed by atoms with van der Waals surface area (Å²) in [5.74, 6) is 1.62. The summed E-state index contributed by atoms with van der Waals surface area (Å²) in [6.07, 6.45) is 7.23. The lowest BCUT2D eigenvalue weighted by atomic mass is 9.78. The zero-order chi connectivity index (χ0) is 12.9. The maximum Gasteiger partial charge on any atom is 0.0766 e. The monoisotopic (exact) mass is 311 g/mol. The highest BCUT2D eigenvalue weighted by Gasteiger charge is 2.48. The van der Waals surface area contributed by atoms with Gasteiger partial charge in [-0.25, -0.2) is 0 Å². The third-order valence-electron chi connectivity index (χ3n) is 5.02. The van der Waals surface area contributed by atoms with Crippen LogP contribution in [0.3, 0.4) is 0 Å². The molecule has 2 fully saturated rings. The molecule has 0 spiro atoms. The first-order chi connectivity index (χ1) is 8.53. The van der Waals surface area contributed by atoms with Crippen LogP contribution in [0.15, 0.2) is 4.47 Å². The van der Waals surface area contributed by atoms with Gasteiger partial charge in [0.05, 0.1) is 15.9 Å². The summed E-state index contributed by atoms with van der Waals surface area (Å²) < 4.78 is 3.20. The molecule has 2 saturated carbocycles. The van der Waals surface area contributed by atoms with Crippen LogP contribution >= 0.6 is 15.9 Å². The van der Waals surface area contributed by atoms with Gasteiger partial charge in [-0.1, -0.05) is 13.3 Å². The average Bonchev–Trinajstić information content (AvgIpc) is 2.97. The van der Waals surface area contributed by atoms with E-state index in [1.54, 1.807) is 0 Å². The smallest absolute Gasteiger partial charge is 0.0766 e. The fourth-order valence-corrected chi connectivity index (χ4v) is 4.78. The van der Waals surface area contributed by atoms with E-state index in [4.69, 9.17) is 5.73 Å². The van der Waals surface area contributed by atoms with Crippen LogP contribution in [-0.4, -0.2) is 15.3 Å². The summed E-state index contributed by atoms with van der Waals surface area (Å²) in [5.41, 5.74) is 9.15. The molecule has 2 N–H and O–H groups in total. The summed E-state index contributed by atoms with van der Waals surface area (Å²) in [5, 5.41) is 4.58. The van der Waals surface area contributed by atoms with E-state index in [0.29, 0.717) is 0 Å². The minimum Gasteiger partial charge on any atom is -0.324 e. The average molecular weight is 312 g/mol. The second-order valence-electron chi connectivity index (χ2n) is 6.17. The lowest BCUT2D eigenvalue weighted by Gasteiger charge is -2.34. The first-order valence-corrected chi connectivity index (χ1v) is 7.82. The minimum atomic E-state index is 0.0181. The number of halogens is 1. The number of aromatic nitrogens is 2. The van der Waals surface area contributed by atoms with Crippen molar-refractivity contribution in [2.75, 3.05) is 0 Å². The van der Waals surface area contributed by atoms with E-state index in [1.165, 1.54) is 35.8 Å². The number of aryl methyl sites for hydroxylation is 2. The van der Waals surface area contributed by atoms with Crippen molar-refractivity contribution < 1.29 is 0 Å². The molecule has 2 aliphatic rings. The van der Waals surface area contributed by atoms with Crippen molar-refractivity contribution in [3.8, 4) is 0 Å². The summed E-state index contributed by atoms with van der Waals surface area (Å²) >= 11 is 3.71. The molecular formula is C14H22BrN3. The lowest BCUT2D eigenvalue weighted by Crippen LogP contribution is -2.47. The van der Waals surface area contributed by atoms with Gasteiger partial charge in [-0.2, -0.15) is 5.10 Å². The Morgan fingerprint density at radius 2 is 2.28 bits per heavy atom. The van der Waals surface area contributed by atoms with Crippen molar-refractivity contribution in [3.05, 3.63) is 15.9 Å². The van der Waals surface area contributed by atoms with Crippen LogP contribution in [0.4, 0.5) is 0 Å². The van der Waals surface area contributed by atoms with Crippen molar-refractivity contribution in [1.82, 2.24) is 9.78 Å². The van der Waals surface area contributed by atoms with Crippen LogP contribution in [0.25, 0.3) is 0 Å². The highest BCUT2D eigenvalue weighted by molar-refractivity contribution is 9.10. The molecule has 0 amide bonds. The van der Waals surface area contributed by atoms with E-state index in [-0.39, 0.29) is 5.54 Å². The maximum atomic E-state index is 6.70. The molecule has 0 aromatic carbocycles. The SMILES string of the molecule is CCc1nn(C)c(CC2(N)CC3CCC2C3)c1Br. The first kappa shape index (κ1) is 12.7. The fraction of sp³-hybridized carbons (Fsp3) is 0.786. The summed E-state index contributed by atoms with van der Waals surface area (Å²) in [6, 6.07) is 0. The predicted molar refractivity (Wildman–Crippen MR) is 76.4 cm³/mol. The molecule has 2 aliphatic carbocycles. The van der Waals surface area contributed by atoms with Gasteiger partial charge in [0.25, 0.3) is 0 Å². The molecule has 3 unspecified atom stereocenters. The van der Waals surface area contributed by atoms with Gasteiger partial charge in [0.2, 0.25) is 0 Å². The summed E-state index contributed by atoms with van der Waals surface area (Å²) in [6.45, 7) is 2.15. The number of hydrogen-bond donors (Lipinski definition) is 1. The van der Waals surface area contributed by atoms with E-state index < -0.39 is 0 Å². The highest BCUT2D eigenvalue weighted by Crippen LogP contribution is 2.51. The van der Waals surface area contributed by atoms with E-state index in [1.807, 2.05) is 11.7 Å². The van der Waals surface area contributed by atoms with Crippen LogP contribution in [0.5, 0.6) is 0 Å². The van der Waals surface area contributed by atoms with Crippen molar-refractivity contribution >= 4 is 15.9 Å². The van der Waals surface area contributed by atoms with Crippen molar-refractivity contribution in [3.63, 3.8) is 0 Å². The Kier molecular flexibility index (Phi) is 3.06. The van der Waals surface area contributed by atoms with Crippen molar-refractivity contribution in [1.29, 1.82) is 0 Å². The van der Waals surface area contributed by atoms with Gasteiger partial charge in [0.15, 0.2) is 0 Å². The Bertz CT molecular complexity index is 468. The van der Waals surface area contributed by atoms with Gasteiger partial charge >= 0.3 is 0 Å². The van der Waals surface area contributed by atoms with Gasteiger partial charge < -0.3 is 5.73 Å². The zero-order valence-corrected chi connectivity index (χ0v) is 12.8. The van der Waals surface area contributed by atoms with Crippen LogP contribution in [-0.2, 0) is 19.9 Å². The molecule has 100 valence electrons. The van der Waals surface area contributed by atoms with Crippen molar-refractivity contribution in [2.24, 2.45) is 24.6 Å². The number of hydrogen-bond acceptors (Lipinski definition) is 2. The Balaban J connectivity index is 1.87. The van der Waals surface area contributed by atoms with E-state index in [0.717, 1.165) is 30.4 Å². The fourth-order valence-electron chi connectivity index (χ4n) is 4.03. The van der Waals surface area contributed by atoms with E-state index in [9.17, 15) is 0 Å². The topological polar surface area (TPSA) is 43.8 Å². The van der Waals surface area contributed by atoms with Crippen LogP contribution in [0.2, 0.25) is 0 Å². The van der Waals surface area contributed by atoms with Gasteiger partial charge in [-0.05, 0) is 53.4 Å². The number of nitrogens with two attached hydrogens (primary N) is 1. The molecule has 3 nitrogen and oxygen atoms in total. The molecule has 18 heavy (non-hydrogen) atoms. The first-order valence-electron chi connectivity index (χ1n) is 7.02. The molecule has 4 heteroatoms. The van der Waals surface area contributed by atoms with Gasteiger partial charge in [0, 0.05) is 19.0 Å². The summed E-state index contributed by atoms with van der Waals surface area (Å²) in [4.78, 5) is 0. The lowest BCUT2D eigenvalue weighted by molar-refractivity contribution is 0.264. The molecule has 2 bridgehead atoms. The Morgan fingerprint density at radius 3 is 2.78 bits per heavy atom. The largest absolute Gasteiger partial charge is 0.324 e. The molecule has 1 aromatic rings. The summed E-state index contributed by atoms with van der Waals surface area (Å²) in [7, 11) is 2.04. The third kappa shape index (κ3) is 1.85. The van der Waals surface area contributed by atoms with Gasteiger partial charge in [-0.3, -0.25) is 4.68 Å². The minimum absolute atomic E-state index is 0.0181. The normalized spacial score (nSPS) is 34.4. The van der Waals surface area contributed by atoms with Crippen LogP contribution in [0.1, 0.15) is 44.0 Å². The van der Waals surface area contributed by atoms with E-state index in [2.05, 4.69) is 28.0 Å². The third-order valence-corrected chi connectivity index (χ3v) is 5.94. The van der Waals surface area contributed by atoms with Crippen LogP contribution in [0, 0.1) is 11.8 Å². The molecule has 0 radical (unpaired) electrons. The molecular weight excluding hydrogens is 290 g/mol. The Morgan fingerprint density at radius 1 is 1.50 bits per heavy atom. The maximum absolute atomic E-state index is 6.70. The molecule has 3 rings (SSSR count). The Labute approximate surface area is 117 Å². The second-order valence-corrected chi connectivity index (χ2v) is 6.97. The molecule has 3 atom stereocenters. The van der Waals surface area contributed by atoms with Gasteiger partial charge in [0.1, 0.15) is 0 Å². The zero-order valence-electron chi connectivity index (χ0n) is 11.2. The van der Waals surface area contributed by atoms with Crippen LogP contribution < -0.4 is 5.73 Å². The quantitative estimate of drug-likeness (QED) is 0.933. The number of nitrogens with zero attached hydrogens (tertiary/aromatic N) is 2. The highest BCUT2D eigenvalue weighted by atomic mass is 79.9. The molecule has 0 aliphatic heterocycles. The van der Waals surface area contributed by atoms with Crippen molar-refractivity contribution in [2.45, 2.75) is 51.0 Å². The predicted octanol–water partition coefficient (Wildman–Crippen LogP) is 2.81. The molecule has 0 saturated heterocycles. The van der Waals surface area contributed by atoms with Gasteiger partial charge in [-0.15, -0.1) is 0 Å². The molecule has 1 aromatic heterocycles. The van der Waals surface area contributed by atoms with E-state index >= 15 is 0 Å². The Hall–Kier alpha value is -0.350. The molecule has 1 heterocycles.